The van der Waals surface area contributed by atoms with Crippen LogP contribution in [0.15, 0.2) is 24.3 Å². The maximum absolute atomic E-state index is 12.0. The summed E-state index contributed by atoms with van der Waals surface area (Å²) in [5.41, 5.74) is 0.847. The molecule has 0 spiro atoms. The molecular formula is C14H19IN2O2. The van der Waals surface area contributed by atoms with E-state index in [1.807, 2.05) is 38.1 Å². The van der Waals surface area contributed by atoms with Crippen LogP contribution < -0.4 is 5.32 Å². The normalized spacial score (nSPS) is 24.2. The largest absolute Gasteiger partial charge is 0.373 e. The number of hydrogen-bond donors (Lipinski definition) is 1. The maximum Gasteiger partial charge on any atom is 0.238 e. The first kappa shape index (κ1) is 14.7. The van der Waals surface area contributed by atoms with Gasteiger partial charge in [0.05, 0.1) is 18.8 Å². The number of carbonyl (C=O) groups is 1. The van der Waals surface area contributed by atoms with Gasteiger partial charge < -0.3 is 10.1 Å². The molecule has 2 rings (SSSR count). The summed E-state index contributed by atoms with van der Waals surface area (Å²) in [7, 11) is 0. The number of anilines is 1. The van der Waals surface area contributed by atoms with Crippen molar-refractivity contribution in [2.24, 2.45) is 0 Å². The summed E-state index contributed by atoms with van der Waals surface area (Å²) in [5, 5.41) is 2.92. The summed E-state index contributed by atoms with van der Waals surface area (Å²) in [4.78, 5) is 14.1. The number of carbonyl (C=O) groups excluding carboxylic acids is 1. The minimum absolute atomic E-state index is 0.0301. The van der Waals surface area contributed by atoms with Crippen LogP contribution in [0.2, 0.25) is 0 Å². The lowest BCUT2D eigenvalue weighted by Crippen LogP contribution is -2.48. The molecule has 4 nitrogen and oxygen atoms in total. The summed E-state index contributed by atoms with van der Waals surface area (Å²) in [6.07, 6.45) is 0.379. The highest BCUT2D eigenvalue weighted by molar-refractivity contribution is 14.1. The molecule has 1 aliphatic rings. The first-order valence-corrected chi connectivity index (χ1v) is 7.54. The van der Waals surface area contributed by atoms with Gasteiger partial charge in [0.2, 0.25) is 5.91 Å². The second-order valence-corrected chi connectivity index (χ2v) is 6.25. The van der Waals surface area contributed by atoms with Crippen LogP contribution in [0, 0.1) is 3.57 Å². The standard InChI is InChI=1S/C14H19IN2O2/c1-10-7-17(8-11(2)19-10)9-14(18)16-13-5-3-12(15)4-6-13/h3-6,10-11H,7-9H2,1-2H3,(H,16,18)/t10-,11+. The molecule has 104 valence electrons. The number of rotatable bonds is 3. The zero-order chi connectivity index (χ0) is 13.8. The van der Waals surface area contributed by atoms with Crippen molar-refractivity contribution < 1.29 is 9.53 Å². The molecule has 5 heteroatoms. The number of nitrogens with zero attached hydrogens (tertiary/aromatic N) is 1. The minimum Gasteiger partial charge on any atom is -0.373 e. The van der Waals surface area contributed by atoms with Gasteiger partial charge in [-0.1, -0.05) is 0 Å². The van der Waals surface area contributed by atoms with Crippen molar-refractivity contribution in [3.05, 3.63) is 27.8 Å². The van der Waals surface area contributed by atoms with Gasteiger partial charge in [0, 0.05) is 22.3 Å². The first-order chi connectivity index (χ1) is 9.02. The predicted octanol–water partition coefficient (Wildman–Crippen LogP) is 2.34. The minimum atomic E-state index is 0.0301. The SMILES string of the molecule is C[C@@H]1CN(CC(=O)Nc2ccc(I)cc2)C[C@H](C)O1. The summed E-state index contributed by atoms with van der Waals surface area (Å²) in [6, 6.07) is 7.80. The smallest absolute Gasteiger partial charge is 0.238 e. The number of morpholine rings is 1. The van der Waals surface area contributed by atoms with Crippen molar-refractivity contribution in [3.63, 3.8) is 0 Å². The number of ether oxygens (including phenoxy) is 1. The molecule has 1 N–H and O–H groups in total. The molecule has 0 unspecified atom stereocenters. The van der Waals surface area contributed by atoms with Gasteiger partial charge in [0.15, 0.2) is 0 Å². The van der Waals surface area contributed by atoms with Crippen molar-refractivity contribution in [2.75, 3.05) is 25.0 Å². The van der Waals surface area contributed by atoms with E-state index in [0.29, 0.717) is 6.54 Å². The van der Waals surface area contributed by atoms with Crippen LogP contribution in [0.25, 0.3) is 0 Å². The quantitative estimate of drug-likeness (QED) is 0.826. The van der Waals surface area contributed by atoms with E-state index in [9.17, 15) is 4.79 Å². The molecule has 1 aliphatic heterocycles. The second-order valence-electron chi connectivity index (χ2n) is 5.01. The lowest BCUT2D eigenvalue weighted by molar-refractivity contribution is -0.121. The van der Waals surface area contributed by atoms with Crippen molar-refractivity contribution in [2.45, 2.75) is 26.1 Å². The van der Waals surface area contributed by atoms with E-state index in [1.165, 1.54) is 0 Å². The lowest BCUT2D eigenvalue weighted by Gasteiger charge is -2.34. The molecule has 1 amide bonds. The summed E-state index contributed by atoms with van der Waals surface area (Å²) < 4.78 is 6.81. The number of hydrogen-bond acceptors (Lipinski definition) is 3. The second kappa shape index (κ2) is 6.67. The van der Waals surface area contributed by atoms with E-state index in [4.69, 9.17) is 4.74 Å². The molecule has 2 atom stereocenters. The van der Waals surface area contributed by atoms with Crippen LogP contribution in [0.4, 0.5) is 5.69 Å². The van der Waals surface area contributed by atoms with Crippen molar-refractivity contribution in [1.29, 1.82) is 0 Å². The van der Waals surface area contributed by atoms with E-state index in [0.717, 1.165) is 22.3 Å². The molecule has 0 saturated carbocycles. The van der Waals surface area contributed by atoms with Crippen LogP contribution in [0.5, 0.6) is 0 Å². The Balaban J connectivity index is 1.85. The number of halogens is 1. The van der Waals surface area contributed by atoms with Crippen LogP contribution in [0.3, 0.4) is 0 Å². The zero-order valence-corrected chi connectivity index (χ0v) is 13.4. The Morgan fingerprint density at radius 2 is 1.89 bits per heavy atom. The molecule has 1 aromatic rings. The average molecular weight is 374 g/mol. The fraction of sp³-hybridized carbons (Fsp3) is 0.500. The van der Waals surface area contributed by atoms with E-state index in [-0.39, 0.29) is 18.1 Å². The van der Waals surface area contributed by atoms with Crippen molar-refractivity contribution >= 4 is 34.2 Å². The average Bonchev–Trinajstić information content (AvgIpc) is 2.30. The first-order valence-electron chi connectivity index (χ1n) is 6.46. The highest BCUT2D eigenvalue weighted by Gasteiger charge is 2.23. The van der Waals surface area contributed by atoms with Gasteiger partial charge in [-0.25, -0.2) is 0 Å². The third kappa shape index (κ3) is 4.74. The molecule has 0 aliphatic carbocycles. The molecule has 19 heavy (non-hydrogen) atoms. The molecule has 1 saturated heterocycles. The molecule has 0 radical (unpaired) electrons. The molecule has 1 aromatic carbocycles. The Morgan fingerprint density at radius 1 is 1.32 bits per heavy atom. The van der Waals surface area contributed by atoms with E-state index in [1.54, 1.807) is 0 Å². The Morgan fingerprint density at radius 3 is 2.47 bits per heavy atom. The summed E-state index contributed by atoms with van der Waals surface area (Å²) >= 11 is 2.24. The third-order valence-corrected chi connectivity index (χ3v) is 3.71. The maximum atomic E-state index is 12.0. The predicted molar refractivity (Wildman–Crippen MR) is 84.2 cm³/mol. The van der Waals surface area contributed by atoms with Crippen LogP contribution in [-0.2, 0) is 9.53 Å². The van der Waals surface area contributed by atoms with Gasteiger partial charge >= 0.3 is 0 Å². The number of amides is 1. The topological polar surface area (TPSA) is 41.6 Å². The van der Waals surface area contributed by atoms with E-state index in [2.05, 4.69) is 32.8 Å². The fourth-order valence-corrected chi connectivity index (χ4v) is 2.71. The molecule has 0 aromatic heterocycles. The zero-order valence-electron chi connectivity index (χ0n) is 11.2. The Labute approximate surface area is 127 Å². The highest BCUT2D eigenvalue weighted by Crippen LogP contribution is 2.13. The fourth-order valence-electron chi connectivity index (χ4n) is 2.35. The number of benzene rings is 1. The monoisotopic (exact) mass is 374 g/mol. The molecule has 1 fully saturated rings. The van der Waals surface area contributed by atoms with Gasteiger partial charge in [0.1, 0.15) is 0 Å². The van der Waals surface area contributed by atoms with E-state index < -0.39 is 0 Å². The Hall–Kier alpha value is -0.660. The van der Waals surface area contributed by atoms with Crippen LogP contribution >= 0.6 is 22.6 Å². The van der Waals surface area contributed by atoms with Crippen molar-refractivity contribution in [1.82, 2.24) is 4.90 Å². The van der Waals surface area contributed by atoms with Gasteiger partial charge in [-0.15, -0.1) is 0 Å². The number of nitrogens with one attached hydrogen (secondary N) is 1. The Kier molecular flexibility index (Phi) is 5.18. The lowest BCUT2D eigenvalue weighted by atomic mass is 10.2. The summed E-state index contributed by atoms with van der Waals surface area (Å²) in [6.45, 7) is 6.12. The third-order valence-electron chi connectivity index (χ3n) is 2.99. The molecular weight excluding hydrogens is 355 g/mol. The van der Waals surface area contributed by atoms with Crippen LogP contribution in [0.1, 0.15) is 13.8 Å². The highest BCUT2D eigenvalue weighted by atomic mass is 127. The van der Waals surface area contributed by atoms with Gasteiger partial charge in [0.25, 0.3) is 0 Å². The van der Waals surface area contributed by atoms with Gasteiger partial charge in [-0.05, 0) is 60.7 Å². The summed E-state index contributed by atoms with van der Waals surface area (Å²) in [5.74, 6) is 0.0301. The van der Waals surface area contributed by atoms with Gasteiger partial charge in [-0.3, -0.25) is 9.69 Å². The Bertz CT molecular complexity index is 426. The molecule has 0 bridgehead atoms. The van der Waals surface area contributed by atoms with Crippen LogP contribution in [-0.4, -0.2) is 42.6 Å². The molecule has 1 heterocycles. The van der Waals surface area contributed by atoms with E-state index >= 15 is 0 Å². The van der Waals surface area contributed by atoms with Gasteiger partial charge in [-0.2, -0.15) is 0 Å². The van der Waals surface area contributed by atoms with Crippen molar-refractivity contribution in [3.8, 4) is 0 Å².